The quantitative estimate of drug-likeness (QED) is 0.796. The third kappa shape index (κ3) is 3.35. The van der Waals surface area contributed by atoms with Crippen molar-refractivity contribution in [1.82, 2.24) is 5.32 Å². The molecule has 4 nitrogen and oxygen atoms in total. The predicted molar refractivity (Wildman–Crippen MR) is 76.8 cm³/mol. The molecule has 1 amide bonds. The van der Waals surface area contributed by atoms with Crippen molar-refractivity contribution in [1.29, 1.82) is 0 Å². The lowest BCUT2D eigenvalue weighted by Gasteiger charge is -2.28. The van der Waals surface area contributed by atoms with E-state index in [1.54, 1.807) is 0 Å². The lowest BCUT2D eigenvalue weighted by Crippen LogP contribution is -2.38. The Morgan fingerprint density at radius 3 is 2.32 bits per heavy atom. The highest BCUT2D eigenvalue weighted by molar-refractivity contribution is 7.99. The molecule has 0 radical (unpaired) electrons. The summed E-state index contributed by atoms with van der Waals surface area (Å²) in [5.41, 5.74) is -0.0329. The molecule has 0 heterocycles. The molecule has 1 aromatic carbocycles. The van der Waals surface area contributed by atoms with Gasteiger partial charge in [0.25, 0.3) is 5.91 Å². The summed E-state index contributed by atoms with van der Waals surface area (Å²) >= 11 is 1.88. The molecule has 1 aliphatic carbocycles. The van der Waals surface area contributed by atoms with Crippen LogP contribution in [-0.2, 0) is 0 Å². The molecule has 0 spiro atoms. The minimum atomic E-state index is -0.400. The number of benzene rings is 1. The van der Waals surface area contributed by atoms with Gasteiger partial charge in [-0.3, -0.25) is 4.79 Å². The van der Waals surface area contributed by atoms with Crippen LogP contribution >= 0.6 is 11.8 Å². The Kier molecular flexibility index (Phi) is 4.58. The molecule has 0 aromatic heterocycles. The predicted octanol–water partition coefficient (Wildman–Crippen LogP) is 2.50. The van der Waals surface area contributed by atoms with Crippen LogP contribution in [0.5, 0.6) is 11.5 Å². The number of nitrogens with one attached hydrogen (secondary N) is 1. The number of carbonyl (C=O) groups excluding carboxylic acids is 1. The molecule has 0 aliphatic heterocycles. The number of hydrogen-bond donors (Lipinski definition) is 3. The van der Waals surface area contributed by atoms with Crippen molar-refractivity contribution in [3.05, 3.63) is 23.8 Å². The van der Waals surface area contributed by atoms with Crippen molar-refractivity contribution in [2.75, 3.05) is 6.26 Å². The number of rotatable bonds is 3. The van der Waals surface area contributed by atoms with Crippen molar-refractivity contribution < 1.29 is 15.0 Å². The van der Waals surface area contributed by atoms with Crippen LogP contribution in [0.15, 0.2) is 18.2 Å². The molecule has 3 N–H and O–H groups in total. The highest BCUT2D eigenvalue weighted by Gasteiger charge is 2.24. The first-order chi connectivity index (χ1) is 9.11. The van der Waals surface area contributed by atoms with E-state index in [1.807, 2.05) is 11.8 Å². The Morgan fingerprint density at radius 1 is 1.21 bits per heavy atom. The first-order valence-electron chi connectivity index (χ1n) is 6.46. The first-order valence-corrected chi connectivity index (χ1v) is 7.75. The molecule has 1 saturated carbocycles. The summed E-state index contributed by atoms with van der Waals surface area (Å²) in [5.74, 6) is -0.770. The minimum Gasteiger partial charge on any atom is -0.507 e. The second-order valence-corrected chi connectivity index (χ2v) is 5.99. The van der Waals surface area contributed by atoms with Crippen molar-refractivity contribution >= 4 is 17.7 Å². The van der Waals surface area contributed by atoms with E-state index in [0.717, 1.165) is 25.7 Å². The molecule has 0 atom stereocenters. The van der Waals surface area contributed by atoms with Crippen LogP contribution in [0.1, 0.15) is 36.0 Å². The molecule has 2 rings (SSSR count). The SMILES string of the molecule is CSC1CCC(NC(=O)c2c(O)cccc2O)CC1. The number of thioether (sulfide) groups is 1. The smallest absolute Gasteiger partial charge is 0.259 e. The monoisotopic (exact) mass is 281 g/mol. The van der Waals surface area contributed by atoms with Gasteiger partial charge < -0.3 is 15.5 Å². The van der Waals surface area contributed by atoms with E-state index in [2.05, 4.69) is 11.6 Å². The van der Waals surface area contributed by atoms with Crippen LogP contribution < -0.4 is 5.32 Å². The van der Waals surface area contributed by atoms with Crippen molar-refractivity contribution in [2.24, 2.45) is 0 Å². The Balaban J connectivity index is 1.98. The van der Waals surface area contributed by atoms with Gasteiger partial charge in [0.05, 0.1) is 0 Å². The minimum absolute atomic E-state index is 0.0329. The van der Waals surface area contributed by atoms with Crippen LogP contribution in [0.2, 0.25) is 0 Å². The molecule has 19 heavy (non-hydrogen) atoms. The molecule has 1 fully saturated rings. The van der Waals surface area contributed by atoms with E-state index >= 15 is 0 Å². The Hall–Kier alpha value is -1.36. The molecule has 104 valence electrons. The zero-order chi connectivity index (χ0) is 13.8. The number of amides is 1. The van der Waals surface area contributed by atoms with Gasteiger partial charge in [-0.2, -0.15) is 11.8 Å². The molecule has 0 bridgehead atoms. The lowest BCUT2D eigenvalue weighted by atomic mass is 9.94. The normalized spacial score (nSPS) is 23.0. The summed E-state index contributed by atoms with van der Waals surface area (Å²) in [6.07, 6.45) is 6.21. The van der Waals surface area contributed by atoms with E-state index in [-0.39, 0.29) is 23.1 Å². The summed E-state index contributed by atoms with van der Waals surface area (Å²) in [4.78, 5) is 12.1. The van der Waals surface area contributed by atoms with Gasteiger partial charge >= 0.3 is 0 Å². The largest absolute Gasteiger partial charge is 0.507 e. The second kappa shape index (κ2) is 6.19. The van der Waals surface area contributed by atoms with Gasteiger partial charge in [-0.15, -0.1) is 0 Å². The number of hydrogen-bond acceptors (Lipinski definition) is 4. The van der Waals surface area contributed by atoms with Crippen LogP contribution in [0, 0.1) is 0 Å². The lowest BCUT2D eigenvalue weighted by molar-refractivity contribution is 0.0922. The fourth-order valence-electron chi connectivity index (χ4n) is 2.46. The summed E-state index contributed by atoms with van der Waals surface area (Å²) < 4.78 is 0. The number of carbonyl (C=O) groups is 1. The van der Waals surface area contributed by atoms with Crippen molar-refractivity contribution in [2.45, 2.75) is 37.0 Å². The maximum absolute atomic E-state index is 12.1. The number of aromatic hydroxyl groups is 2. The van der Waals surface area contributed by atoms with E-state index in [1.165, 1.54) is 18.2 Å². The zero-order valence-corrected chi connectivity index (χ0v) is 11.7. The first kappa shape index (κ1) is 14.1. The highest BCUT2D eigenvalue weighted by atomic mass is 32.2. The molecular weight excluding hydrogens is 262 g/mol. The zero-order valence-electron chi connectivity index (χ0n) is 10.9. The molecule has 1 aromatic rings. The third-order valence-corrected chi connectivity index (χ3v) is 4.73. The fraction of sp³-hybridized carbons (Fsp3) is 0.500. The molecule has 5 heteroatoms. The van der Waals surface area contributed by atoms with Gasteiger partial charge in [0.15, 0.2) is 0 Å². The fourth-order valence-corrected chi connectivity index (χ4v) is 3.20. The maximum atomic E-state index is 12.1. The van der Waals surface area contributed by atoms with Crippen molar-refractivity contribution in [3.63, 3.8) is 0 Å². The number of phenolic OH excluding ortho intramolecular Hbond substituents is 2. The van der Waals surface area contributed by atoms with Gasteiger partial charge in [-0.1, -0.05) is 6.07 Å². The van der Waals surface area contributed by atoms with Gasteiger partial charge in [-0.05, 0) is 44.1 Å². The Labute approximate surface area is 117 Å². The third-order valence-electron chi connectivity index (χ3n) is 3.59. The van der Waals surface area contributed by atoms with E-state index in [4.69, 9.17) is 0 Å². The standard InChI is InChI=1S/C14H19NO3S/c1-19-10-7-5-9(6-8-10)15-14(18)13-11(16)3-2-4-12(13)17/h2-4,9-10,16-17H,5-8H2,1H3,(H,15,18). The molecule has 1 aliphatic rings. The average Bonchev–Trinajstić information content (AvgIpc) is 2.39. The molecular formula is C14H19NO3S. The van der Waals surface area contributed by atoms with Gasteiger partial charge in [0.2, 0.25) is 0 Å². The van der Waals surface area contributed by atoms with E-state index in [9.17, 15) is 15.0 Å². The summed E-state index contributed by atoms with van der Waals surface area (Å²) in [6.45, 7) is 0. The topological polar surface area (TPSA) is 69.6 Å². The maximum Gasteiger partial charge on any atom is 0.259 e. The molecule has 0 saturated heterocycles. The van der Waals surface area contributed by atoms with Crippen LogP contribution in [-0.4, -0.2) is 33.7 Å². The van der Waals surface area contributed by atoms with Gasteiger partial charge in [0.1, 0.15) is 17.1 Å². The highest BCUT2D eigenvalue weighted by Crippen LogP contribution is 2.29. The Morgan fingerprint density at radius 2 is 1.79 bits per heavy atom. The van der Waals surface area contributed by atoms with Crippen LogP contribution in [0.25, 0.3) is 0 Å². The summed E-state index contributed by atoms with van der Waals surface area (Å²) in [5, 5.41) is 22.9. The second-order valence-electron chi connectivity index (χ2n) is 4.85. The van der Waals surface area contributed by atoms with E-state index in [0.29, 0.717) is 5.25 Å². The Bertz CT molecular complexity index is 436. The van der Waals surface area contributed by atoms with Gasteiger partial charge in [0, 0.05) is 11.3 Å². The average molecular weight is 281 g/mol. The number of phenols is 2. The van der Waals surface area contributed by atoms with E-state index < -0.39 is 5.91 Å². The summed E-state index contributed by atoms with van der Waals surface area (Å²) in [7, 11) is 0. The van der Waals surface area contributed by atoms with Crippen LogP contribution in [0.3, 0.4) is 0 Å². The molecule has 0 unspecified atom stereocenters. The summed E-state index contributed by atoms with van der Waals surface area (Å²) in [6, 6.07) is 4.44. The van der Waals surface area contributed by atoms with Gasteiger partial charge in [-0.25, -0.2) is 0 Å². The van der Waals surface area contributed by atoms with Crippen molar-refractivity contribution in [3.8, 4) is 11.5 Å². The van der Waals surface area contributed by atoms with Crippen LogP contribution in [0.4, 0.5) is 0 Å².